The van der Waals surface area contributed by atoms with Crippen molar-refractivity contribution < 1.29 is 30.0 Å². The molecular formula is C20H28F3N3O4S2. The molecule has 0 radical (unpaired) electrons. The summed E-state index contributed by atoms with van der Waals surface area (Å²) in [5.74, 6) is -3.62. The first-order valence-electron chi connectivity index (χ1n) is 10.9. The highest BCUT2D eigenvalue weighted by Crippen LogP contribution is 2.42. The molecule has 12 heteroatoms. The zero-order chi connectivity index (χ0) is 23.3. The van der Waals surface area contributed by atoms with Gasteiger partial charge >= 0.3 is 0 Å². The summed E-state index contributed by atoms with van der Waals surface area (Å²) in [5.41, 5.74) is 6.28. The smallest absolute Gasteiger partial charge is 0.215 e. The van der Waals surface area contributed by atoms with Gasteiger partial charge in [-0.2, -0.15) is 4.31 Å². The van der Waals surface area contributed by atoms with Crippen molar-refractivity contribution in [1.82, 2.24) is 9.03 Å². The normalized spacial score (nSPS) is 27.6. The molecule has 3 fully saturated rings. The zero-order valence-electron chi connectivity index (χ0n) is 17.5. The predicted molar refractivity (Wildman–Crippen MR) is 113 cm³/mol. The fraction of sp³-hybridized carbons (Fsp3) is 0.700. The second-order valence-electron chi connectivity index (χ2n) is 9.13. The largest absolute Gasteiger partial charge is 0.327 e. The Labute approximate surface area is 186 Å². The lowest BCUT2D eigenvalue weighted by molar-refractivity contribution is 0.170. The highest BCUT2D eigenvalue weighted by molar-refractivity contribution is 7.90. The maximum Gasteiger partial charge on any atom is 0.215 e. The number of halogens is 3. The number of rotatable bonds is 9. The topological polar surface area (TPSA) is 110 Å². The molecule has 3 N–H and O–H groups in total. The number of nitrogens with two attached hydrogens (primary N) is 1. The Balaban J connectivity index is 1.37. The lowest BCUT2D eigenvalue weighted by Gasteiger charge is -2.40. The minimum absolute atomic E-state index is 0.00162. The quantitative estimate of drug-likeness (QED) is 0.506. The second-order valence-corrected chi connectivity index (χ2v) is 13.2. The molecule has 1 aromatic carbocycles. The first kappa shape index (κ1) is 23.9. The maximum absolute atomic E-state index is 14.0. The van der Waals surface area contributed by atoms with E-state index in [9.17, 15) is 30.0 Å². The minimum atomic E-state index is -3.66. The number of fused-ring (bicyclic) bond motifs is 2. The van der Waals surface area contributed by atoms with Crippen LogP contribution in [0.3, 0.4) is 0 Å². The van der Waals surface area contributed by atoms with E-state index < -0.39 is 48.8 Å². The highest BCUT2D eigenvalue weighted by Gasteiger charge is 2.47. The van der Waals surface area contributed by atoms with E-state index in [4.69, 9.17) is 5.73 Å². The summed E-state index contributed by atoms with van der Waals surface area (Å²) in [5, 5.41) is -0.405. The van der Waals surface area contributed by atoms with Gasteiger partial charge in [-0.1, -0.05) is 0 Å². The van der Waals surface area contributed by atoms with E-state index in [0.29, 0.717) is 44.6 Å². The Morgan fingerprint density at radius 2 is 1.56 bits per heavy atom. The number of hydrogen-bond acceptors (Lipinski definition) is 5. The van der Waals surface area contributed by atoms with Crippen molar-refractivity contribution in [3.8, 4) is 0 Å². The van der Waals surface area contributed by atoms with Crippen LogP contribution in [0.5, 0.6) is 0 Å². The molecule has 4 rings (SSSR count). The third-order valence-corrected chi connectivity index (χ3v) is 10.7. The number of nitrogens with one attached hydrogen (secondary N) is 1. The molecule has 1 aliphatic carbocycles. The van der Waals surface area contributed by atoms with Gasteiger partial charge < -0.3 is 5.73 Å². The van der Waals surface area contributed by atoms with E-state index in [1.54, 1.807) is 0 Å². The standard InChI is InChI=1S/C20H28F3N3O4S2/c21-17-11-19(23)18(22)9-12(17)10-20(24)13-7-14-1-2-15(8-13)26(14)31(27,28)6-5-25-32(29,30)16-3-4-16/h9,11,13-16,20,25H,1-8,10,24H2/t13-,14-,15+,20-/m1/s1. The van der Waals surface area contributed by atoms with Crippen LogP contribution in [-0.2, 0) is 26.5 Å². The van der Waals surface area contributed by atoms with Crippen LogP contribution in [0.2, 0.25) is 0 Å². The SMILES string of the molecule is N[C@H](Cc1cc(F)c(F)cc1F)[C@@H]1C[C@H]2CC[C@@H](C1)N2S(=O)(=O)CCNS(=O)(=O)C1CC1. The monoisotopic (exact) mass is 495 g/mol. The van der Waals surface area contributed by atoms with Crippen LogP contribution in [0.25, 0.3) is 0 Å². The lowest BCUT2D eigenvalue weighted by atomic mass is 9.83. The van der Waals surface area contributed by atoms with Crippen LogP contribution in [0, 0.1) is 23.4 Å². The van der Waals surface area contributed by atoms with Gasteiger partial charge in [0.05, 0.1) is 11.0 Å². The molecule has 32 heavy (non-hydrogen) atoms. The Morgan fingerprint density at radius 3 is 2.16 bits per heavy atom. The van der Waals surface area contributed by atoms with Gasteiger partial charge in [-0.05, 0) is 62.5 Å². The summed E-state index contributed by atoms with van der Waals surface area (Å²) in [7, 11) is -7.10. The average molecular weight is 496 g/mol. The van der Waals surface area contributed by atoms with Crippen molar-refractivity contribution in [3.05, 3.63) is 35.1 Å². The molecule has 0 aromatic heterocycles. The van der Waals surface area contributed by atoms with Gasteiger partial charge in [0, 0.05) is 30.7 Å². The molecule has 180 valence electrons. The Morgan fingerprint density at radius 1 is 0.969 bits per heavy atom. The number of sulfonamides is 2. The van der Waals surface area contributed by atoms with E-state index in [-0.39, 0.29) is 42.3 Å². The van der Waals surface area contributed by atoms with Crippen LogP contribution in [-0.4, -0.2) is 56.8 Å². The van der Waals surface area contributed by atoms with Crippen molar-refractivity contribution in [1.29, 1.82) is 0 Å². The molecular weight excluding hydrogens is 467 g/mol. The highest BCUT2D eigenvalue weighted by atomic mass is 32.2. The van der Waals surface area contributed by atoms with Crippen molar-refractivity contribution in [3.63, 3.8) is 0 Å². The third-order valence-electron chi connectivity index (χ3n) is 6.80. The van der Waals surface area contributed by atoms with Gasteiger partial charge in [0.2, 0.25) is 20.0 Å². The lowest BCUT2D eigenvalue weighted by Crippen LogP contribution is -2.51. The van der Waals surface area contributed by atoms with Crippen LogP contribution >= 0.6 is 0 Å². The van der Waals surface area contributed by atoms with Gasteiger partial charge in [0.15, 0.2) is 11.6 Å². The van der Waals surface area contributed by atoms with Crippen LogP contribution in [0.1, 0.15) is 44.1 Å². The number of hydrogen-bond donors (Lipinski definition) is 2. The molecule has 2 aliphatic heterocycles. The molecule has 3 aliphatic rings. The van der Waals surface area contributed by atoms with E-state index in [2.05, 4.69) is 4.72 Å². The van der Waals surface area contributed by atoms with Crippen LogP contribution < -0.4 is 10.5 Å². The number of piperidine rings is 1. The van der Waals surface area contributed by atoms with E-state index in [1.807, 2.05) is 0 Å². The minimum Gasteiger partial charge on any atom is -0.327 e. The first-order valence-corrected chi connectivity index (χ1v) is 14.0. The van der Waals surface area contributed by atoms with Gasteiger partial charge in [-0.15, -0.1) is 0 Å². The van der Waals surface area contributed by atoms with Gasteiger partial charge in [-0.3, -0.25) is 0 Å². The van der Waals surface area contributed by atoms with Crippen molar-refractivity contribution in [2.75, 3.05) is 12.3 Å². The Kier molecular flexibility index (Phi) is 6.63. The molecule has 2 saturated heterocycles. The summed E-state index contributed by atoms with van der Waals surface area (Å²) in [6.45, 7) is -0.157. The molecule has 2 heterocycles. The van der Waals surface area contributed by atoms with Gasteiger partial charge in [0.25, 0.3) is 0 Å². The Bertz CT molecular complexity index is 1070. The fourth-order valence-electron chi connectivity index (χ4n) is 5.04. The third kappa shape index (κ3) is 4.98. The predicted octanol–water partition coefficient (Wildman–Crippen LogP) is 1.63. The van der Waals surface area contributed by atoms with Crippen molar-refractivity contribution in [2.24, 2.45) is 11.7 Å². The molecule has 0 spiro atoms. The van der Waals surface area contributed by atoms with Gasteiger partial charge in [0.1, 0.15) is 5.82 Å². The summed E-state index contributed by atoms with van der Waals surface area (Å²) in [4.78, 5) is 0. The molecule has 1 aromatic rings. The number of benzene rings is 1. The molecule has 4 atom stereocenters. The zero-order valence-corrected chi connectivity index (χ0v) is 19.1. The van der Waals surface area contributed by atoms with E-state index in [1.165, 1.54) is 4.31 Å². The average Bonchev–Trinajstić information content (AvgIpc) is 3.52. The molecule has 0 unspecified atom stereocenters. The maximum atomic E-state index is 14.0. The van der Waals surface area contributed by atoms with Gasteiger partial charge in [-0.25, -0.2) is 34.7 Å². The molecule has 0 amide bonds. The van der Waals surface area contributed by atoms with Crippen molar-refractivity contribution >= 4 is 20.0 Å². The second kappa shape index (κ2) is 8.86. The Hall–Kier alpha value is -1.21. The summed E-state index contributed by atoms with van der Waals surface area (Å²) < 4.78 is 94.3. The summed E-state index contributed by atoms with van der Waals surface area (Å²) in [6, 6.07) is 0.316. The summed E-state index contributed by atoms with van der Waals surface area (Å²) in [6.07, 6.45) is 3.60. The summed E-state index contributed by atoms with van der Waals surface area (Å²) >= 11 is 0. The number of nitrogens with zero attached hydrogens (tertiary/aromatic N) is 1. The first-order chi connectivity index (χ1) is 15.0. The van der Waals surface area contributed by atoms with E-state index in [0.717, 1.165) is 6.07 Å². The molecule has 2 bridgehead atoms. The van der Waals surface area contributed by atoms with Crippen LogP contribution in [0.15, 0.2) is 12.1 Å². The molecule has 1 saturated carbocycles. The van der Waals surface area contributed by atoms with Crippen molar-refractivity contribution in [2.45, 2.75) is 68.3 Å². The van der Waals surface area contributed by atoms with Crippen LogP contribution in [0.4, 0.5) is 13.2 Å². The van der Waals surface area contributed by atoms with E-state index >= 15 is 0 Å². The fourth-order valence-corrected chi connectivity index (χ4v) is 8.41. The molecule has 7 nitrogen and oxygen atoms in total.